The molecule has 39 heavy (non-hydrogen) atoms. The second-order valence-electron chi connectivity index (χ2n) is 9.63. The first kappa shape index (κ1) is 25.7. The Morgan fingerprint density at radius 3 is 2.41 bits per heavy atom. The summed E-state index contributed by atoms with van der Waals surface area (Å²) in [6, 6.07) is 25.7. The van der Waals surface area contributed by atoms with Crippen LogP contribution in [0, 0.1) is 6.92 Å². The molecule has 0 aliphatic heterocycles. The largest absolute Gasteiger partial charge is 0.344 e. The third-order valence-electron chi connectivity index (χ3n) is 6.65. The fraction of sp³-hybridized carbons (Fsp3) is 0.161. The van der Waals surface area contributed by atoms with Gasteiger partial charge in [-0.15, -0.1) is 0 Å². The molecule has 0 spiro atoms. The van der Waals surface area contributed by atoms with Crippen LogP contribution in [0.4, 0.5) is 0 Å². The molecule has 196 valence electrons. The summed E-state index contributed by atoms with van der Waals surface area (Å²) >= 11 is 0. The Morgan fingerprint density at radius 2 is 1.64 bits per heavy atom. The maximum absolute atomic E-state index is 12.5. The van der Waals surface area contributed by atoms with Crippen molar-refractivity contribution in [1.82, 2.24) is 25.1 Å². The Labute approximate surface area is 225 Å². The molecule has 8 heteroatoms. The topological polar surface area (TPSA) is 113 Å². The van der Waals surface area contributed by atoms with Gasteiger partial charge in [-0.05, 0) is 54.2 Å². The average molecular weight is 520 g/mol. The van der Waals surface area contributed by atoms with Gasteiger partial charge in [0.15, 0.2) is 0 Å². The molecule has 1 unspecified atom stereocenters. The highest BCUT2D eigenvalue weighted by Crippen LogP contribution is 2.24. The van der Waals surface area contributed by atoms with Crippen molar-refractivity contribution in [2.24, 2.45) is 0 Å². The van der Waals surface area contributed by atoms with Crippen LogP contribution in [0.2, 0.25) is 0 Å². The molecule has 8 nitrogen and oxygen atoms in total. The van der Waals surface area contributed by atoms with Crippen LogP contribution in [-0.2, 0) is 13.0 Å². The third-order valence-corrected chi connectivity index (χ3v) is 6.65. The number of aromatic nitrogens is 4. The molecule has 1 amide bonds. The lowest BCUT2D eigenvalue weighted by atomic mass is 10.0. The van der Waals surface area contributed by atoms with Crippen LogP contribution in [0.3, 0.4) is 0 Å². The standard InChI is InChI=1S/C31H29N5O3/c1-20-9-11-23(12-10-20)25-7-3-5-22(15-25)13-14-36-19-27(18-32-36)26-8-4-6-24(16-26)21(2)33-30(38)28-17-29(37)35-31(39)34-28/h3-12,15-19,21H,13-14H2,1-2H3,(H,33,38)(H2,34,35,37,39). The normalized spacial score (nSPS) is 11.7. The van der Waals surface area contributed by atoms with Gasteiger partial charge < -0.3 is 10.3 Å². The van der Waals surface area contributed by atoms with E-state index in [4.69, 9.17) is 0 Å². The third kappa shape index (κ3) is 6.30. The molecule has 3 N–H and O–H groups in total. The fourth-order valence-electron chi connectivity index (χ4n) is 4.47. The summed E-state index contributed by atoms with van der Waals surface area (Å²) in [4.78, 5) is 40.0. The lowest BCUT2D eigenvalue weighted by molar-refractivity contribution is 0.0934. The van der Waals surface area contributed by atoms with E-state index in [2.05, 4.69) is 75.8 Å². The molecule has 5 aromatic rings. The SMILES string of the molecule is Cc1ccc(-c2cccc(CCn3cc(-c4cccc(C(C)NC(=O)c5cc(=O)[nH]c(=O)[nH]5)c4)cn3)c2)cc1. The fourth-order valence-corrected chi connectivity index (χ4v) is 4.47. The van der Waals surface area contributed by atoms with E-state index < -0.39 is 17.2 Å². The number of H-pyrrole nitrogens is 2. The minimum Gasteiger partial charge on any atom is -0.344 e. The molecule has 0 aliphatic carbocycles. The smallest absolute Gasteiger partial charge is 0.326 e. The highest BCUT2D eigenvalue weighted by Gasteiger charge is 2.14. The van der Waals surface area contributed by atoms with E-state index in [1.54, 1.807) is 0 Å². The van der Waals surface area contributed by atoms with E-state index in [1.807, 2.05) is 48.3 Å². The van der Waals surface area contributed by atoms with Crippen molar-refractivity contribution >= 4 is 5.91 Å². The Bertz CT molecular complexity index is 1700. The highest BCUT2D eigenvalue weighted by molar-refractivity contribution is 5.92. The summed E-state index contributed by atoms with van der Waals surface area (Å²) in [5.41, 5.74) is 6.31. The van der Waals surface area contributed by atoms with Crippen LogP contribution in [0.15, 0.2) is 101 Å². The van der Waals surface area contributed by atoms with E-state index in [9.17, 15) is 14.4 Å². The summed E-state index contributed by atoms with van der Waals surface area (Å²) in [5, 5.41) is 7.38. The summed E-state index contributed by atoms with van der Waals surface area (Å²) in [7, 11) is 0. The lowest BCUT2D eigenvalue weighted by Crippen LogP contribution is -2.32. The van der Waals surface area contributed by atoms with Gasteiger partial charge in [-0.25, -0.2) is 4.79 Å². The van der Waals surface area contributed by atoms with Crippen LogP contribution < -0.4 is 16.6 Å². The van der Waals surface area contributed by atoms with Crippen molar-refractivity contribution < 1.29 is 4.79 Å². The Balaban J connectivity index is 1.24. The van der Waals surface area contributed by atoms with E-state index in [1.165, 1.54) is 22.3 Å². The van der Waals surface area contributed by atoms with Crippen molar-refractivity contribution in [3.63, 3.8) is 0 Å². The number of aromatic amines is 2. The zero-order valence-corrected chi connectivity index (χ0v) is 21.8. The number of hydrogen-bond donors (Lipinski definition) is 3. The number of nitrogens with zero attached hydrogens (tertiary/aromatic N) is 2. The number of nitrogens with one attached hydrogen (secondary N) is 3. The van der Waals surface area contributed by atoms with Crippen molar-refractivity contribution in [2.75, 3.05) is 0 Å². The molecule has 0 bridgehead atoms. The average Bonchev–Trinajstić information content (AvgIpc) is 3.41. The minimum absolute atomic E-state index is 0.0857. The Kier molecular flexibility index (Phi) is 7.36. The van der Waals surface area contributed by atoms with Crippen molar-refractivity contribution in [3.8, 4) is 22.3 Å². The summed E-state index contributed by atoms with van der Waals surface area (Å²) in [5.74, 6) is -0.532. The molecular weight excluding hydrogens is 490 g/mol. The zero-order chi connectivity index (χ0) is 27.4. The van der Waals surface area contributed by atoms with Crippen molar-refractivity contribution in [2.45, 2.75) is 32.9 Å². The Morgan fingerprint density at radius 1 is 0.897 bits per heavy atom. The second-order valence-corrected chi connectivity index (χ2v) is 9.63. The molecule has 5 rings (SSSR count). The molecule has 2 heterocycles. The summed E-state index contributed by atoms with van der Waals surface area (Å²) in [6.45, 7) is 4.68. The molecule has 0 saturated heterocycles. The molecular formula is C31H29N5O3. The number of aryl methyl sites for hydroxylation is 3. The van der Waals surface area contributed by atoms with Crippen LogP contribution in [-0.4, -0.2) is 25.7 Å². The van der Waals surface area contributed by atoms with Gasteiger partial charge in [-0.3, -0.25) is 19.3 Å². The molecule has 0 fully saturated rings. The first-order valence-electron chi connectivity index (χ1n) is 12.8. The predicted octanol–water partition coefficient (Wildman–Crippen LogP) is 4.64. The van der Waals surface area contributed by atoms with E-state index in [-0.39, 0.29) is 11.7 Å². The van der Waals surface area contributed by atoms with Crippen molar-refractivity contribution in [1.29, 1.82) is 0 Å². The van der Waals surface area contributed by atoms with Gasteiger partial charge in [-0.1, -0.05) is 72.3 Å². The van der Waals surface area contributed by atoms with E-state index >= 15 is 0 Å². The van der Waals surface area contributed by atoms with E-state index in [0.717, 1.165) is 35.7 Å². The van der Waals surface area contributed by atoms with Gasteiger partial charge in [0.1, 0.15) is 5.69 Å². The van der Waals surface area contributed by atoms with Gasteiger partial charge in [0.25, 0.3) is 11.5 Å². The molecule has 0 radical (unpaired) electrons. The van der Waals surface area contributed by atoms with E-state index in [0.29, 0.717) is 0 Å². The number of rotatable bonds is 8. The van der Waals surface area contributed by atoms with Crippen LogP contribution in [0.25, 0.3) is 22.3 Å². The van der Waals surface area contributed by atoms with Gasteiger partial charge in [-0.2, -0.15) is 5.10 Å². The van der Waals surface area contributed by atoms with Gasteiger partial charge in [0, 0.05) is 24.4 Å². The molecule has 1 atom stereocenters. The number of hydrogen-bond acceptors (Lipinski definition) is 4. The first-order valence-corrected chi connectivity index (χ1v) is 12.8. The quantitative estimate of drug-likeness (QED) is 0.277. The predicted molar refractivity (Wildman–Crippen MR) is 152 cm³/mol. The lowest BCUT2D eigenvalue weighted by Gasteiger charge is -2.15. The first-order chi connectivity index (χ1) is 18.8. The van der Waals surface area contributed by atoms with Gasteiger partial charge in [0.2, 0.25) is 0 Å². The number of benzene rings is 3. The molecule has 2 aromatic heterocycles. The highest BCUT2D eigenvalue weighted by atomic mass is 16.2. The minimum atomic E-state index is -0.724. The zero-order valence-electron chi connectivity index (χ0n) is 21.8. The monoisotopic (exact) mass is 519 g/mol. The molecule has 3 aromatic carbocycles. The maximum Gasteiger partial charge on any atom is 0.326 e. The van der Waals surface area contributed by atoms with Gasteiger partial charge >= 0.3 is 5.69 Å². The van der Waals surface area contributed by atoms with Crippen LogP contribution >= 0.6 is 0 Å². The number of carbonyl (C=O) groups excluding carboxylic acids is 1. The number of amides is 1. The Hall–Kier alpha value is -4.98. The summed E-state index contributed by atoms with van der Waals surface area (Å²) in [6.07, 6.45) is 4.72. The van der Waals surface area contributed by atoms with Crippen molar-refractivity contribution in [3.05, 3.63) is 134 Å². The van der Waals surface area contributed by atoms with Crippen LogP contribution in [0.1, 0.15) is 40.1 Å². The second kappa shape index (κ2) is 11.2. The molecule has 0 saturated carbocycles. The van der Waals surface area contributed by atoms with Crippen LogP contribution in [0.5, 0.6) is 0 Å². The summed E-state index contributed by atoms with van der Waals surface area (Å²) < 4.78 is 1.94. The number of carbonyl (C=O) groups is 1. The molecule has 0 aliphatic rings. The van der Waals surface area contributed by atoms with Gasteiger partial charge in [0.05, 0.1) is 12.2 Å². The maximum atomic E-state index is 12.5.